The molecule has 0 aliphatic heterocycles. The maximum atomic E-state index is 13.9. The average molecular weight is 854 g/mol. The van der Waals surface area contributed by atoms with Gasteiger partial charge in [-0.15, -0.1) is 0 Å². The molecule has 0 spiro atoms. The quantitative estimate of drug-likeness (QED) is 0.0897. The zero-order valence-electron chi connectivity index (χ0n) is 40.1. The van der Waals surface area contributed by atoms with E-state index in [1.165, 1.54) is 22.1 Å². The zero-order chi connectivity index (χ0) is 43.6. The molecule has 2 aliphatic rings. The Bertz CT molecular complexity index is 1690. The lowest BCUT2D eigenvalue weighted by molar-refractivity contribution is -0.130. The second-order valence-corrected chi connectivity index (χ2v) is 37.1. The van der Waals surface area contributed by atoms with E-state index in [4.69, 9.17) is 22.7 Å². The summed E-state index contributed by atoms with van der Waals surface area (Å²) in [5.41, 5.74) is 5.18. The summed E-state index contributed by atoms with van der Waals surface area (Å²) in [6, 6.07) is 8.10. The number of allylic oxidation sites excluding steroid dienone is 1. The third-order valence-electron chi connectivity index (χ3n) is 14.9. The molecule has 328 valence electrons. The van der Waals surface area contributed by atoms with Gasteiger partial charge in [0.25, 0.3) is 0 Å². The highest BCUT2D eigenvalue weighted by atomic mass is 28.4. The van der Waals surface area contributed by atoms with Crippen molar-refractivity contribution in [1.82, 2.24) is 4.90 Å². The summed E-state index contributed by atoms with van der Waals surface area (Å²) in [7, 11) is -1.12. The van der Waals surface area contributed by atoms with Crippen LogP contribution in [0.15, 0.2) is 46.6 Å². The van der Waals surface area contributed by atoms with Crippen molar-refractivity contribution in [3.05, 3.63) is 58.9 Å². The van der Waals surface area contributed by atoms with Gasteiger partial charge < -0.3 is 27.6 Å². The molecule has 0 radical (unpaired) electrons. The molecule has 1 heterocycles. The summed E-state index contributed by atoms with van der Waals surface area (Å²) in [6.45, 7) is 37.1. The van der Waals surface area contributed by atoms with Crippen molar-refractivity contribution in [3.8, 4) is 5.75 Å². The maximum absolute atomic E-state index is 13.9. The molecule has 4 rings (SSSR count). The minimum absolute atomic E-state index is 0.000311. The van der Waals surface area contributed by atoms with E-state index >= 15 is 0 Å². The Kier molecular flexibility index (Phi) is 15.6. The van der Waals surface area contributed by atoms with Crippen molar-refractivity contribution in [2.45, 2.75) is 186 Å². The molecule has 5 atom stereocenters. The Balaban J connectivity index is 1.77. The molecule has 0 saturated heterocycles. The average Bonchev–Trinajstić information content (AvgIpc) is 3.48. The Morgan fingerprint density at radius 1 is 0.810 bits per heavy atom. The van der Waals surface area contributed by atoms with Crippen LogP contribution in [0.25, 0.3) is 0 Å². The molecular formula is C48H83NO6Si3. The number of unbranched alkanes of at least 4 members (excludes halogenated alkanes) is 3. The molecule has 0 fully saturated rings. The number of furan rings is 1. The van der Waals surface area contributed by atoms with Crippen LogP contribution in [0, 0.1) is 11.8 Å². The molecule has 1 aromatic carbocycles. The number of hydrogen-bond acceptors (Lipinski definition) is 6. The minimum atomic E-state index is -2.28. The fraction of sp³-hybridized carbons (Fsp3) is 0.729. The highest BCUT2D eigenvalue weighted by molar-refractivity contribution is 6.91. The standard InChI is InChI=1S/C48H83NO6Si3/c1-46(2,3)56(13,14)45-38-30-41(54-57(15,16)47(4,5)6)39-29-35(23-21-19-20-22-28-52-32-34-24-26-36(51-12)27-25-34)37(31-42(50)49(10)11)43(40(38)33-53-45)44(39)55-58(17,18)48(7,8)9/h24-27,29,33,37,39,41,43-44H,19-23,28,30-32H2,1-18H3/t37-,39+,41+,43-,44-/m0/s1. The van der Waals surface area contributed by atoms with Crippen molar-refractivity contribution in [3.63, 3.8) is 0 Å². The Morgan fingerprint density at radius 3 is 1.95 bits per heavy atom. The van der Waals surface area contributed by atoms with E-state index in [-0.39, 0.29) is 51.0 Å². The molecule has 58 heavy (non-hydrogen) atoms. The highest BCUT2D eigenvalue weighted by Gasteiger charge is 2.55. The molecule has 1 aromatic heterocycles. The first-order valence-corrected chi connectivity index (χ1v) is 31.0. The van der Waals surface area contributed by atoms with Crippen LogP contribution in [-0.2, 0) is 31.4 Å². The lowest BCUT2D eigenvalue weighted by Gasteiger charge is -2.50. The highest BCUT2D eigenvalue weighted by Crippen LogP contribution is 2.54. The molecule has 0 unspecified atom stereocenters. The van der Waals surface area contributed by atoms with E-state index in [2.05, 4.69) is 126 Å². The number of amides is 1. The van der Waals surface area contributed by atoms with Gasteiger partial charge in [0.05, 0.1) is 37.6 Å². The summed E-state index contributed by atoms with van der Waals surface area (Å²) in [5, 5.41) is 1.37. The van der Waals surface area contributed by atoms with Crippen LogP contribution in [0.1, 0.15) is 123 Å². The minimum Gasteiger partial charge on any atom is -0.497 e. The number of carbonyl (C=O) groups is 1. The van der Waals surface area contributed by atoms with Crippen molar-refractivity contribution in [1.29, 1.82) is 0 Å². The molecule has 2 bridgehead atoms. The van der Waals surface area contributed by atoms with E-state index in [1.54, 1.807) is 12.0 Å². The number of hydrogen-bond donors (Lipinski definition) is 0. The first-order valence-electron chi connectivity index (χ1n) is 22.2. The van der Waals surface area contributed by atoms with Crippen LogP contribution in [0.3, 0.4) is 0 Å². The molecule has 0 N–H and O–H groups in total. The number of rotatable bonds is 17. The van der Waals surface area contributed by atoms with Crippen molar-refractivity contribution in [2.24, 2.45) is 11.8 Å². The number of fused-ring (bicyclic) bond motifs is 4. The van der Waals surface area contributed by atoms with Crippen molar-refractivity contribution >= 4 is 36.0 Å². The van der Waals surface area contributed by atoms with Gasteiger partial charge in [-0.1, -0.05) is 112 Å². The van der Waals surface area contributed by atoms with Gasteiger partial charge in [0.1, 0.15) is 13.8 Å². The number of benzene rings is 1. The number of carbonyl (C=O) groups excluding carboxylic acids is 1. The molecule has 7 nitrogen and oxygen atoms in total. The van der Waals surface area contributed by atoms with Crippen LogP contribution < -0.4 is 10.1 Å². The van der Waals surface area contributed by atoms with Crippen LogP contribution in [0.2, 0.25) is 54.4 Å². The van der Waals surface area contributed by atoms with Crippen LogP contribution in [0.4, 0.5) is 0 Å². The molecular weight excluding hydrogens is 771 g/mol. The fourth-order valence-electron chi connectivity index (χ4n) is 8.01. The van der Waals surface area contributed by atoms with Gasteiger partial charge in [-0.3, -0.25) is 4.79 Å². The largest absolute Gasteiger partial charge is 0.497 e. The van der Waals surface area contributed by atoms with E-state index in [0.29, 0.717) is 13.0 Å². The first kappa shape index (κ1) is 48.7. The number of nitrogens with zero attached hydrogens (tertiary/aromatic N) is 1. The Morgan fingerprint density at radius 2 is 1.40 bits per heavy atom. The third kappa shape index (κ3) is 11.1. The van der Waals surface area contributed by atoms with Crippen LogP contribution >= 0.6 is 0 Å². The summed E-state index contributed by atoms with van der Waals surface area (Å²) >= 11 is 0. The summed E-state index contributed by atoms with van der Waals surface area (Å²) in [5.74, 6) is 1.12. The van der Waals surface area contributed by atoms with Gasteiger partial charge in [0, 0.05) is 45.4 Å². The topological polar surface area (TPSA) is 70.4 Å². The van der Waals surface area contributed by atoms with Gasteiger partial charge in [-0.25, -0.2) is 0 Å². The van der Waals surface area contributed by atoms with Gasteiger partial charge in [0.2, 0.25) is 5.91 Å². The van der Waals surface area contributed by atoms with Gasteiger partial charge in [-0.05, 0) is 95.3 Å². The fourth-order valence-corrected chi connectivity index (χ4v) is 12.7. The first-order chi connectivity index (χ1) is 26.6. The molecule has 1 amide bonds. The summed E-state index contributed by atoms with van der Waals surface area (Å²) < 4.78 is 33.6. The molecule has 10 heteroatoms. The van der Waals surface area contributed by atoms with E-state index in [0.717, 1.165) is 56.4 Å². The van der Waals surface area contributed by atoms with E-state index in [1.807, 2.05) is 26.2 Å². The van der Waals surface area contributed by atoms with Crippen molar-refractivity contribution < 1.29 is 27.5 Å². The van der Waals surface area contributed by atoms with E-state index < -0.39 is 24.7 Å². The van der Waals surface area contributed by atoms with Gasteiger partial charge >= 0.3 is 0 Å². The number of ether oxygens (including phenoxy) is 2. The molecule has 2 aromatic rings. The van der Waals surface area contributed by atoms with Gasteiger partial charge in [-0.2, -0.15) is 0 Å². The predicted octanol–water partition coefficient (Wildman–Crippen LogP) is 12.2. The van der Waals surface area contributed by atoms with Crippen LogP contribution in [-0.4, -0.2) is 75.5 Å². The lowest BCUT2D eigenvalue weighted by atomic mass is 9.67. The second-order valence-electron chi connectivity index (χ2n) is 22.3. The third-order valence-corrected chi connectivity index (χ3v) is 29.2. The molecule has 2 aliphatic carbocycles. The SMILES string of the molecule is COc1ccc(COCCCCCCC2=C[C@H]3[C@H](O[Si](C)(C)C(C)(C)C)[C@H](c4coc([Si](C)(C)C(C)(C)C)c4C[C@H]3O[Si](C)(C)C(C)(C)C)[C@H]2CC(=O)N(C)C)cc1. The Hall–Kier alpha value is -1.96. The summed E-state index contributed by atoms with van der Waals surface area (Å²) in [6.07, 6.45) is 11.1. The lowest BCUT2D eigenvalue weighted by Crippen LogP contribution is -2.54. The maximum Gasteiger partial charge on any atom is 0.222 e. The van der Waals surface area contributed by atoms with Crippen LogP contribution in [0.5, 0.6) is 5.75 Å². The smallest absolute Gasteiger partial charge is 0.222 e. The second kappa shape index (κ2) is 18.6. The normalized spacial score (nSPS) is 22.0. The number of methoxy groups -OCH3 is 1. The predicted molar refractivity (Wildman–Crippen MR) is 250 cm³/mol. The zero-order valence-corrected chi connectivity index (χ0v) is 43.1. The molecule has 0 saturated carbocycles. The Labute approximate surface area is 357 Å². The summed E-state index contributed by atoms with van der Waals surface area (Å²) in [4.78, 5) is 15.7. The van der Waals surface area contributed by atoms with Gasteiger partial charge in [0.15, 0.2) is 16.6 Å². The van der Waals surface area contributed by atoms with E-state index in [9.17, 15) is 4.79 Å². The monoisotopic (exact) mass is 854 g/mol. The van der Waals surface area contributed by atoms with Crippen molar-refractivity contribution in [2.75, 3.05) is 27.8 Å².